The molecule has 172 valence electrons. The van der Waals surface area contributed by atoms with E-state index in [2.05, 4.69) is 18.7 Å². The van der Waals surface area contributed by atoms with Gasteiger partial charge in [-0.15, -0.1) is 0 Å². The van der Waals surface area contributed by atoms with Gasteiger partial charge in [0.15, 0.2) is 0 Å². The van der Waals surface area contributed by atoms with Gasteiger partial charge in [-0.1, -0.05) is 95.8 Å². The summed E-state index contributed by atoms with van der Waals surface area (Å²) in [4.78, 5) is 14.7. The minimum atomic E-state index is -0.000522. The summed E-state index contributed by atoms with van der Waals surface area (Å²) in [6.07, 6.45) is 21.6. The lowest BCUT2D eigenvalue weighted by atomic mass is 9.85. The first-order valence-electron chi connectivity index (χ1n) is 13.0. The number of nitrogens with zero attached hydrogens (tertiary/aromatic N) is 1. The molecule has 0 spiro atoms. The predicted molar refractivity (Wildman–Crippen MR) is 131 cm³/mol. The fourth-order valence-corrected chi connectivity index (χ4v) is 5.50. The number of carbonyl (C=O) groups is 1. The Labute approximate surface area is 190 Å². The van der Waals surface area contributed by atoms with Crippen LogP contribution in [0.15, 0.2) is 36.5 Å². The molecule has 2 aliphatic rings. The van der Waals surface area contributed by atoms with Crippen LogP contribution in [0.25, 0.3) is 0 Å². The van der Waals surface area contributed by atoms with Gasteiger partial charge < -0.3 is 10.6 Å². The second-order valence-electron chi connectivity index (χ2n) is 9.95. The van der Waals surface area contributed by atoms with Crippen molar-refractivity contribution in [3.63, 3.8) is 0 Å². The molecule has 1 heterocycles. The molecule has 1 saturated heterocycles. The molecule has 3 rings (SSSR count). The number of unbranched alkanes of at least 4 members (excludes halogenated alkanes) is 6. The lowest BCUT2D eigenvalue weighted by Gasteiger charge is -2.24. The number of aryl methyl sites for hydroxylation is 1. The molecule has 3 nitrogen and oxygen atoms in total. The Morgan fingerprint density at radius 2 is 1.52 bits per heavy atom. The first kappa shape index (κ1) is 23.9. The van der Waals surface area contributed by atoms with E-state index in [1.165, 1.54) is 89.0 Å². The number of hydrogen-bond donors (Lipinski definition) is 1. The normalized spacial score (nSPS) is 19.6. The predicted octanol–water partition coefficient (Wildman–Crippen LogP) is 7.01. The summed E-state index contributed by atoms with van der Waals surface area (Å²) in [5, 5.41) is 0. The Hall–Kier alpha value is -1.77. The number of hydrogen-bond acceptors (Lipinski definition) is 2. The lowest BCUT2D eigenvalue weighted by Crippen LogP contribution is -2.38. The molecule has 1 atom stereocenters. The van der Waals surface area contributed by atoms with Crippen LogP contribution in [0.2, 0.25) is 0 Å². The third kappa shape index (κ3) is 7.70. The van der Waals surface area contributed by atoms with Crippen molar-refractivity contribution >= 4 is 5.91 Å². The lowest BCUT2D eigenvalue weighted by molar-refractivity contribution is 0.0755. The minimum absolute atomic E-state index is 0.000522. The SMILES string of the molecule is C=C(N)[C@@H]1CCCN1C(=O)c1ccc(CCCCCCCCCC2CCCCC2)cc1. The molecule has 1 amide bonds. The summed E-state index contributed by atoms with van der Waals surface area (Å²) in [5.41, 5.74) is 8.59. The zero-order valence-corrected chi connectivity index (χ0v) is 19.6. The van der Waals surface area contributed by atoms with E-state index in [0.717, 1.165) is 37.3 Å². The Morgan fingerprint density at radius 3 is 2.19 bits per heavy atom. The number of amides is 1. The topological polar surface area (TPSA) is 46.3 Å². The van der Waals surface area contributed by atoms with Crippen molar-refractivity contribution in [3.8, 4) is 0 Å². The van der Waals surface area contributed by atoms with E-state index in [-0.39, 0.29) is 11.9 Å². The van der Waals surface area contributed by atoms with Gasteiger partial charge in [-0.2, -0.15) is 0 Å². The molecule has 1 aliphatic heterocycles. The molecule has 1 aliphatic carbocycles. The van der Waals surface area contributed by atoms with Crippen molar-refractivity contribution < 1.29 is 4.79 Å². The molecule has 2 N–H and O–H groups in total. The summed E-state index contributed by atoms with van der Waals surface area (Å²) in [7, 11) is 0. The van der Waals surface area contributed by atoms with Crippen molar-refractivity contribution in [2.45, 2.75) is 109 Å². The van der Waals surface area contributed by atoms with Crippen molar-refractivity contribution in [1.82, 2.24) is 4.90 Å². The molecule has 2 fully saturated rings. The highest BCUT2D eigenvalue weighted by molar-refractivity contribution is 5.94. The first-order chi connectivity index (χ1) is 15.1. The molecule has 3 heteroatoms. The maximum absolute atomic E-state index is 12.8. The highest BCUT2D eigenvalue weighted by atomic mass is 16.2. The second kappa shape index (κ2) is 12.9. The van der Waals surface area contributed by atoms with Gasteiger partial charge in [0.2, 0.25) is 0 Å². The largest absolute Gasteiger partial charge is 0.401 e. The van der Waals surface area contributed by atoms with Crippen molar-refractivity contribution in [2.24, 2.45) is 11.7 Å². The van der Waals surface area contributed by atoms with Crippen molar-refractivity contribution in [3.05, 3.63) is 47.7 Å². The zero-order valence-electron chi connectivity index (χ0n) is 19.6. The Kier molecular flexibility index (Phi) is 9.96. The zero-order chi connectivity index (χ0) is 21.9. The number of rotatable bonds is 12. The molecule has 1 aromatic rings. The van der Waals surface area contributed by atoms with Crippen LogP contribution in [0.1, 0.15) is 112 Å². The maximum atomic E-state index is 12.8. The Bertz CT molecular complexity index is 675. The third-order valence-electron chi connectivity index (χ3n) is 7.45. The monoisotopic (exact) mass is 424 g/mol. The second-order valence-corrected chi connectivity index (χ2v) is 9.95. The highest BCUT2D eigenvalue weighted by Gasteiger charge is 2.30. The summed E-state index contributed by atoms with van der Waals surface area (Å²) in [6, 6.07) is 8.22. The fourth-order valence-electron chi connectivity index (χ4n) is 5.50. The van der Waals surface area contributed by atoms with Crippen molar-refractivity contribution in [2.75, 3.05) is 6.54 Å². The average molecular weight is 425 g/mol. The Balaban J connectivity index is 1.25. The van der Waals surface area contributed by atoms with Gasteiger partial charge in [0.25, 0.3) is 5.91 Å². The maximum Gasteiger partial charge on any atom is 0.254 e. The highest BCUT2D eigenvalue weighted by Crippen LogP contribution is 2.28. The molecule has 0 aromatic heterocycles. The summed E-state index contributed by atoms with van der Waals surface area (Å²) >= 11 is 0. The molecule has 1 saturated carbocycles. The van der Waals surface area contributed by atoms with Crippen molar-refractivity contribution in [1.29, 1.82) is 0 Å². The van der Waals surface area contributed by atoms with Crippen LogP contribution in [0.4, 0.5) is 0 Å². The Morgan fingerprint density at radius 1 is 0.871 bits per heavy atom. The molecule has 31 heavy (non-hydrogen) atoms. The van der Waals surface area contributed by atoms with Crippen LogP contribution in [-0.2, 0) is 6.42 Å². The summed E-state index contributed by atoms with van der Waals surface area (Å²) < 4.78 is 0. The van der Waals surface area contributed by atoms with Crippen LogP contribution in [0, 0.1) is 5.92 Å². The number of benzene rings is 1. The molecular formula is C28H44N2O. The van der Waals surface area contributed by atoms with E-state index < -0.39 is 0 Å². The molecular weight excluding hydrogens is 380 g/mol. The van der Waals surface area contributed by atoms with E-state index >= 15 is 0 Å². The van der Waals surface area contributed by atoms with E-state index in [4.69, 9.17) is 5.73 Å². The number of nitrogens with two attached hydrogens (primary N) is 1. The fraction of sp³-hybridized carbons (Fsp3) is 0.679. The molecule has 1 aromatic carbocycles. The number of carbonyl (C=O) groups excluding carboxylic acids is 1. The van der Waals surface area contributed by atoms with E-state index in [1.54, 1.807) is 0 Å². The molecule has 0 unspecified atom stereocenters. The van der Waals surface area contributed by atoms with Gasteiger partial charge in [-0.3, -0.25) is 4.79 Å². The van der Waals surface area contributed by atoms with Crippen LogP contribution in [0.3, 0.4) is 0 Å². The van der Waals surface area contributed by atoms with Gasteiger partial charge in [0.1, 0.15) is 0 Å². The summed E-state index contributed by atoms with van der Waals surface area (Å²) in [6.45, 7) is 4.63. The number of likely N-dealkylation sites (tertiary alicyclic amines) is 1. The first-order valence-corrected chi connectivity index (χ1v) is 13.0. The standard InChI is InChI=1S/C28H44N2O/c1-23(29)27-17-12-22-30(27)28(31)26-20-18-25(19-21-26)16-9-6-4-2-3-5-8-13-24-14-10-7-11-15-24/h18-21,24,27H,1-17,22,29H2/t27-/m0/s1. The van der Waals surface area contributed by atoms with Crippen LogP contribution in [0.5, 0.6) is 0 Å². The van der Waals surface area contributed by atoms with Crippen LogP contribution in [-0.4, -0.2) is 23.4 Å². The van der Waals surface area contributed by atoms with Gasteiger partial charge >= 0.3 is 0 Å². The quantitative estimate of drug-likeness (QED) is 0.367. The van der Waals surface area contributed by atoms with Crippen LogP contribution >= 0.6 is 0 Å². The van der Waals surface area contributed by atoms with Gasteiger partial charge in [0.05, 0.1) is 6.04 Å². The van der Waals surface area contributed by atoms with E-state index in [9.17, 15) is 4.79 Å². The van der Waals surface area contributed by atoms with Crippen LogP contribution < -0.4 is 5.73 Å². The van der Waals surface area contributed by atoms with Gasteiger partial charge in [-0.05, 0) is 49.3 Å². The van der Waals surface area contributed by atoms with E-state index in [0.29, 0.717) is 5.70 Å². The summed E-state index contributed by atoms with van der Waals surface area (Å²) in [5.74, 6) is 1.14. The van der Waals surface area contributed by atoms with Gasteiger partial charge in [-0.25, -0.2) is 0 Å². The minimum Gasteiger partial charge on any atom is -0.401 e. The third-order valence-corrected chi connectivity index (χ3v) is 7.45. The van der Waals surface area contributed by atoms with Gasteiger partial charge in [0, 0.05) is 17.8 Å². The molecule has 0 bridgehead atoms. The average Bonchev–Trinajstić information content (AvgIpc) is 3.29. The van der Waals surface area contributed by atoms with E-state index in [1.807, 2.05) is 17.0 Å². The smallest absolute Gasteiger partial charge is 0.254 e. The molecule has 0 radical (unpaired) electrons.